The Morgan fingerprint density at radius 1 is 1.20 bits per heavy atom. The molecule has 1 amide bonds. The molecular formula is C23H21FN2O4. The lowest BCUT2D eigenvalue weighted by atomic mass is 9.99. The maximum Gasteiger partial charge on any atom is 0.255 e. The Labute approximate surface area is 172 Å². The average Bonchev–Trinajstić information content (AvgIpc) is 3.27. The van der Waals surface area contributed by atoms with Crippen molar-refractivity contribution in [2.24, 2.45) is 0 Å². The Morgan fingerprint density at radius 2 is 1.93 bits per heavy atom. The number of carbonyl (C=O) groups is 1. The van der Waals surface area contributed by atoms with Gasteiger partial charge in [0.05, 0.1) is 23.4 Å². The third-order valence-electron chi connectivity index (χ3n) is 4.95. The number of hydrogen-bond acceptors (Lipinski definition) is 5. The van der Waals surface area contributed by atoms with Gasteiger partial charge in [-0.1, -0.05) is 5.16 Å². The van der Waals surface area contributed by atoms with E-state index in [1.165, 1.54) is 12.1 Å². The predicted molar refractivity (Wildman–Crippen MR) is 111 cm³/mol. The van der Waals surface area contributed by atoms with Gasteiger partial charge in [-0.3, -0.25) is 4.79 Å². The van der Waals surface area contributed by atoms with Gasteiger partial charge in [-0.15, -0.1) is 0 Å². The van der Waals surface area contributed by atoms with Crippen LogP contribution in [0.2, 0.25) is 0 Å². The van der Waals surface area contributed by atoms with Crippen LogP contribution < -0.4 is 10.1 Å². The average molecular weight is 408 g/mol. The zero-order valence-electron chi connectivity index (χ0n) is 17.1. The van der Waals surface area contributed by atoms with Crippen molar-refractivity contribution >= 4 is 16.9 Å². The van der Waals surface area contributed by atoms with E-state index in [-0.39, 0.29) is 11.7 Å². The van der Waals surface area contributed by atoms with Gasteiger partial charge in [0.1, 0.15) is 28.7 Å². The monoisotopic (exact) mass is 408 g/mol. The summed E-state index contributed by atoms with van der Waals surface area (Å²) in [5, 5.41) is 7.29. The molecular weight excluding hydrogens is 387 g/mol. The molecule has 4 rings (SSSR count). The molecule has 0 fully saturated rings. The molecule has 2 aromatic heterocycles. The van der Waals surface area contributed by atoms with Crippen molar-refractivity contribution in [1.29, 1.82) is 0 Å². The van der Waals surface area contributed by atoms with Gasteiger partial charge in [-0.2, -0.15) is 0 Å². The van der Waals surface area contributed by atoms with Gasteiger partial charge >= 0.3 is 0 Å². The molecule has 2 heterocycles. The normalized spacial score (nSPS) is 11.1. The van der Waals surface area contributed by atoms with Gasteiger partial charge in [0.2, 0.25) is 0 Å². The highest BCUT2D eigenvalue weighted by Crippen LogP contribution is 2.42. The summed E-state index contributed by atoms with van der Waals surface area (Å²) in [4.78, 5) is 12.7. The van der Waals surface area contributed by atoms with E-state index in [9.17, 15) is 9.18 Å². The number of furan rings is 1. The van der Waals surface area contributed by atoms with Crippen molar-refractivity contribution in [2.75, 3.05) is 13.7 Å². The quantitative estimate of drug-likeness (QED) is 0.487. The largest absolute Gasteiger partial charge is 0.493 e. The highest BCUT2D eigenvalue weighted by Gasteiger charge is 2.25. The summed E-state index contributed by atoms with van der Waals surface area (Å²) >= 11 is 0. The Morgan fingerprint density at radius 3 is 2.53 bits per heavy atom. The summed E-state index contributed by atoms with van der Waals surface area (Å²) < 4.78 is 30.7. The number of nitrogens with zero attached hydrogens (tertiary/aromatic N) is 1. The zero-order valence-corrected chi connectivity index (χ0v) is 17.1. The highest BCUT2D eigenvalue weighted by atomic mass is 19.1. The van der Waals surface area contributed by atoms with Crippen molar-refractivity contribution in [3.63, 3.8) is 0 Å². The van der Waals surface area contributed by atoms with E-state index < -0.39 is 0 Å². The first kappa shape index (κ1) is 19.7. The van der Waals surface area contributed by atoms with Gasteiger partial charge < -0.3 is 19.0 Å². The summed E-state index contributed by atoms with van der Waals surface area (Å²) in [6.07, 6.45) is 0. The first-order valence-corrected chi connectivity index (χ1v) is 9.59. The summed E-state index contributed by atoms with van der Waals surface area (Å²) in [6.45, 7) is 6.02. The Balaban J connectivity index is 2.03. The number of aryl methyl sites for hydroxylation is 2. The minimum Gasteiger partial charge on any atom is -0.493 e. The molecule has 0 aliphatic heterocycles. The Bertz CT molecular complexity index is 1220. The number of fused-ring (bicyclic) bond motifs is 1. The minimum absolute atomic E-state index is 0.305. The smallest absolute Gasteiger partial charge is 0.255 e. The first-order valence-electron chi connectivity index (χ1n) is 9.59. The van der Waals surface area contributed by atoms with Gasteiger partial charge in [-0.05, 0) is 57.2 Å². The van der Waals surface area contributed by atoms with Crippen LogP contribution in [0.4, 0.5) is 4.39 Å². The number of carbonyl (C=O) groups excluding carboxylic acids is 1. The van der Waals surface area contributed by atoms with Crippen molar-refractivity contribution in [3.05, 3.63) is 59.2 Å². The second-order valence-electron chi connectivity index (χ2n) is 6.87. The van der Waals surface area contributed by atoms with E-state index in [0.29, 0.717) is 46.0 Å². The molecule has 0 radical (unpaired) electrons. The molecule has 154 valence electrons. The van der Waals surface area contributed by atoms with Crippen molar-refractivity contribution in [2.45, 2.75) is 20.8 Å². The fraction of sp³-hybridized carbons (Fsp3) is 0.217. The molecule has 1 N–H and O–H groups in total. The number of aromatic nitrogens is 1. The van der Waals surface area contributed by atoms with E-state index in [0.717, 1.165) is 16.8 Å². The number of nitrogens with one attached hydrogen (secondary N) is 1. The van der Waals surface area contributed by atoms with E-state index in [4.69, 9.17) is 13.7 Å². The van der Waals surface area contributed by atoms with Crippen LogP contribution >= 0.6 is 0 Å². The summed E-state index contributed by atoms with van der Waals surface area (Å²) in [5.41, 5.74) is 3.79. The van der Waals surface area contributed by atoms with E-state index >= 15 is 0 Å². The van der Waals surface area contributed by atoms with Gasteiger partial charge in [0.15, 0.2) is 0 Å². The number of amides is 1. The molecule has 0 unspecified atom stereocenters. The zero-order chi connectivity index (χ0) is 21.4. The lowest BCUT2D eigenvalue weighted by Gasteiger charge is -2.10. The summed E-state index contributed by atoms with van der Waals surface area (Å²) in [5.74, 6) is 0.944. The third-order valence-corrected chi connectivity index (χ3v) is 4.95. The standard InChI is InChI=1S/C23H21FN2O4/c1-5-28-18-10-17-19(11-16(18)20-12(2)26-30-13(20)3)29-22(21(17)23(27)25-4)14-6-8-15(24)9-7-14/h6-11H,5H2,1-4H3,(H,25,27). The van der Waals surface area contributed by atoms with E-state index in [2.05, 4.69) is 10.5 Å². The Kier molecular flexibility index (Phi) is 5.03. The van der Waals surface area contributed by atoms with Crippen LogP contribution in [0.25, 0.3) is 33.4 Å². The molecule has 6 nitrogen and oxygen atoms in total. The van der Waals surface area contributed by atoms with Crippen molar-refractivity contribution in [3.8, 4) is 28.2 Å². The molecule has 4 aromatic rings. The van der Waals surface area contributed by atoms with Crippen LogP contribution in [0, 0.1) is 19.7 Å². The number of halogens is 1. The molecule has 0 atom stereocenters. The lowest BCUT2D eigenvalue weighted by Crippen LogP contribution is -2.18. The molecule has 7 heteroatoms. The number of rotatable bonds is 5. The molecule has 2 aromatic carbocycles. The topological polar surface area (TPSA) is 77.5 Å². The van der Waals surface area contributed by atoms with Gasteiger partial charge in [0.25, 0.3) is 5.91 Å². The van der Waals surface area contributed by atoms with Crippen LogP contribution in [0.3, 0.4) is 0 Å². The van der Waals surface area contributed by atoms with Crippen LogP contribution in [-0.4, -0.2) is 24.7 Å². The molecule has 0 aliphatic carbocycles. The van der Waals surface area contributed by atoms with Crippen LogP contribution in [0.15, 0.2) is 45.3 Å². The van der Waals surface area contributed by atoms with Crippen LogP contribution in [0.1, 0.15) is 28.7 Å². The first-order chi connectivity index (χ1) is 14.4. The molecule has 0 aliphatic rings. The van der Waals surface area contributed by atoms with Crippen molar-refractivity contribution < 1.29 is 22.9 Å². The van der Waals surface area contributed by atoms with E-state index in [1.54, 1.807) is 25.2 Å². The van der Waals surface area contributed by atoms with Crippen molar-refractivity contribution in [1.82, 2.24) is 10.5 Å². The molecule has 0 saturated heterocycles. The SMILES string of the molecule is CCOc1cc2c(C(=O)NC)c(-c3ccc(F)cc3)oc2cc1-c1c(C)noc1C. The predicted octanol–water partition coefficient (Wildman–Crippen LogP) is 5.27. The fourth-order valence-corrected chi connectivity index (χ4v) is 3.62. The van der Waals surface area contributed by atoms with E-state index in [1.807, 2.05) is 26.8 Å². The second-order valence-corrected chi connectivity index (χ2v) is 6.87. The number of hydrogen-bond donors (Lipinski definition) is 1. The third kappa shape index (κ3) is 3.22. The number of ether oxygens (including phenoxy) is 1. The minimum atomic E-state index is -0.365. The highest BCUT2D eigenvalue weighted by molar-refractivity contribution is 6.12. The molecule has 0 spiro atoms. The maximum atomic E-state index is 13.4. The second kappa shape index (κ2) is 7.67. The van der Waals surface area contributed by atoms with Gasteiger partial charge in [0, 0.05) is 23.6 Å². The summed E-state index contributed by atoms with van der Waals surface area (Å²) in [6, 6.07) is 9.44. The van der Waals surface area contributed by atoms with Crippen LogP contribution in [-0.2, 0) is 0 Å². The maximum absolute atomic E-state index is 13.4. The Hall–Kier alpha value is -3.61. The molecule has 0 bridgehead atoms. The summed E-state index contributed by atoms with van der Waals surface area (Å²) in [7, 11) is 1.55. The lowest BCUT2D eigenvalue weighted by molar-refractivity contribution is 0.0964. The molecule has 0 saturated carbocycles. The fourth-order valence-electron chi connectivity index (χ4n) is 3.62. The van der Waals surface area contributed by atoms with Gasteiger partial charge in [-0.25, -0.2) is 4.39 Å². The molecule has 30 heavy (non-hydrogen) atoms. The van der Waals surface area contributed by atoms with Crippen LogP contribution in [0.5, 0.6) is 5.75 Å². The number of benzene rings is 2.